The van der Waals surface area contributed by atoms with E-state index in [2.05, 4.69) is 22.4 Å². The Morgan fingerprint density at radius 3 is 2.54 bits per heavy atom. The smallest absolute Gasteiger partial charge is 0.269 e. The van der Waals surface area contributed by atoms with Crippen LogP contribution in [0.2, 0.25) is 0 Å². The first-order valence-corrected chi connectivity index (χ1v) is 11.7. The summed E-state index contributed by atoms with van der Waals surface area (Å²) in [6.07, 6.45) is 1.08. The van der Waals surface area contributed by atoms with Gasteiger partial charge >= 0.3 is 0 Å². The average molecular weight is 487 g/mol. The van der Waals surface area contributed by atoms with Crippen molar-refractivity contribution < 1.29 is 14.6 Å². The summed E-state index contributed by atoms with van der Waals surface area (Å²) >= 11 is 1.34. The maximum Gasteiger partial charge on any atom is 0.269 e. The van der Waals surface area contributed by atoms with Crippen molar-refractivity contribution in [3.05, 3.63) is 65.0 Å². The molecule has 176 valence electrons. The Bertz CT molecular complexity index is 1340. The van der Waals surface area contributed by atoms with E-state index in [1.54, 1.807) is 56.8 Å². The number of nitriles is 2. The fraction of sp³-hybridized carbons (Fsp3) is 0.240. The average Bonchev–Trinajstić information content (AvgIpc) is 2.88. The maximum absolute atomic E-state index is 11.9. The molecule has 0 unspecified atom stereocenters. The first kappa shape index (κ1) is 24.0. The van der Waals surface area contributed by atoms with Crippen LogP contribution in [-0.4, -0.2) is 54.3 Å². The highest BCUT2D eigenvalue weighted by Crippen LogP contribution is 2.40. The molecule has 0 spiro atoms. The topological polar surface area (TPSA) is 135 Å². The van der Waals surface area contributed by atoms with Gasteiger partial charge in [0.1, 0.15) is 40.0 Å². The number of thioether (sulfide) groups is 1. The van der Waals surface area contributed by atoms with Crippen molar-refractivity contribution in [2.75, 3.05) is 32.1 Å². The fourth-order valence-electron chi connectivity index (χ4n) is 3.74. The highest BCUT2D eigenvalue weighted by Gasteiger charge is 2.31. The molecule has 1 fully saturated rings. The molecule has 1 saturated heterocycles. The number of nitrogens with one attached hydrogen (secondary N) is 1. The van der Waals surface area contributed by atoms with Gasteiger partial charge in [-0.05, 0) is 35.4 Å². The Morgan fingerprint density at radius 2 is 1.94 bits per heavy atom. The predicted molar refractivity (Wildman–Crippen MR) is 131 cm³/mol. The number of amides is 1. The molecule has 2 N–H and O–H groups in total. The van der Waals surface area contributed by atoms with Crippen LogP contribution < -0.4 is 15.0 Å². The van der Waals surface area contributed by atoms with Crippen molar-refractivity contribution in [2.24, 2.45) is 0 Å². The van der Waals surface area contributed by atoms with Crippen molar-refractivity contribution in [1.82, 2.24) is 15.3 Å². The van der Waals surface area contributed by atoms with E-state index in [0.29, 0.717) is 57.8 Å². The Labute approximate surface area is 207 Å². The van der Waals surface area contributed by atoms with Crippen LogP contribution in [0.25, 0.3) is 11.1 Å². The Hall–Kier alpha value is -4.12. The third-order valence-electron chi connectivity index (χ3n) is 5.57. The number of β-amino-alcohol motifs (C(OH)–C–C–N with tert-alkyl or cyclic N) is 1. The molecule has 3 heterocycles. The summed E-state index contributed by atoms with van der Waals surface area (Å²) in [5.41, 5.74) is 2.90. The quantitative estimate of drug-likeness (QED) is 0.483. The number of carbonyl (C=O) groups is 1. The number of rotatable bonds is 7. The molecule has 4 rings (SSSR count). The van der Waals surface area contributed by atoms with E-state index < -0.39 is 6.10 Å². The number of hydrogen-bond acceptors (Lipinski definition) is 9. The molecule has 3 aromatic rings. The maximum atomic E-state index is 11.9. The van der Waals surface area contributed by atoms with Gasteiger partial charge in [0, 0.05) is 37.7 Å². The summed E-state index contributed by atoms with van der Waals surface area (Å²) in [4.78, 5) is 22.6. The normalized spacial score (nSPS) is 12.9. The molecule has 35 heavy (non-hydrogen) atoms. The van der Waals surface area contributed by atoms with Gasteiger partial charge in [0.15, 0.2) is 0 Å². The predicted octanol–water partition coefficient (Wildman–Crippen LogP) is 2.73. The molecular weight excluding hydrogens is 464 g/mol. The van der Waals surface area contributed by atoms with Gasteiger partial charge in [0.25, 0.3) is 5.91 Å². The lowest BCUT2D eigenvalue weighted by Gasteiger charge is -2.37. The summed E-state index contributed by atoms with van der Waals surface area (Å²) in [5.74, 6) is 1.24. The van der Waals surface area contributed by atoms with Gasteiger partial charge in [-0.3, -0.25) is 9.78 Å². The van der Waals surface area contributed by atoms with Crippen LogP contribution in [0, 0.1) is 22.7 Å². The third-order valence-corrected chi connectivity index (χ3v) is 6.62. The zero-order valence-corrected chi connectivity index (χ0v) is 20.0. The zero-order valence-electron chi connectivity index (χ0n) is 19.1. The minimum Gasteiger partial charge on any atom is -0.497 e. The van der Waals surface area contributed by atoms with Crippen molar-refractivity contribution in [2.45, 2.75) is 16.9 Å². The molecule has 0 atom stereocenters. The van der Waals surface area contributed by atoms with Gasteiger partial charge in [0.2, 0.25) is 0 Å². The van der Waals surface area contributed by atoms with Crippen LogP contribution in [0.5, 0.6) is 5.75 Å². The fourth-order valence-corrected chi connectivity index (χ4v) is 4.66. The van der Waals surface area contributed by atoms with Crippen LogP contribution in [0.4, 0.5) is 5.82 Å². The molecule has 9 nitrogen and oxygen atoms in total. The van der Waals surface area contributed by atoms with Crippen LogP contribution in [0.1, 0.15) is 27.2 Å². The first-order chi connectivity index (χ1) is 17.0. The molecule has 1 aliphatic rings. The van der Waals surface area contributed by atoms with Gasteiger partial charge in [-0.1, -0.05) is 12.1 Å². The number of methoxy groups -OCH3 is 1. The Kier molecular flexibility index (Phi) is 7.16. The lowest BCUT2D eigenvalue weighted by molar-refractivity contribution is 0.0958. The summed E-state index contributed by atoms with van der Waals surface area (Å²) < 4.78 is 5.25. The number of anilines is 1. The number of aliphatic hydroxyl groups excluding tert-OH is 1. The van der Waals surface area contributed by atoms with Crippen LogP contribution >= 0.6 is 11.8 Å². The molecule has 2 aromatic heterocycles. The number of carbonyl (C=O) groups excluding carboxylic acids is 1. The van der Waals surface area contributed by atoms with Crippen molar-refractivity contribution in [3.63, 3.8) is 0 Å². The van der Waals surface area contributed by atoms with Gasteiger partial charge in [-0.25, -0.2) is 4.98 Å². The molecule has 1 aromatic carbocycles. The van der Waals surface area contributed by atoms with Crippen molar-refractivity contribution in [1.29, 1.82) is 10.5 Å². The molecule has 1 aliphatic heterocycles. The standard InChI is InChI=1S/C25H22N6O3S/c1-28-24(33)21-9-15(7-8-29-21)14-35-25-20(11-27)22(16-3-5-18(34-2)6-4-16)19(10-26)23(30-25)31-12-17(32)13-31/h3-9,17,32H,12-14H2,1-2H3,(H,28,33). The number of nitrogens with zero attached hydrogens (tertiary/aromatic N) is 5. The molecule has 1 amide bonds. The largest absolute Gasteiger partial charge is 0.497 e. The number of benzene rings is 1. The third kappa shape index (κ3) is 4.90. The second-order valence-corrected chi connectivity index (χ2v) is 8.76. The molecule has 0 aliphatic carbocycles. The van der Waals surface area contributed by atoms with E-state index in [0.717, 1.165) is 5.56 Å². The zero-order chi connectivity index (χ0) is 24.9. The lowest BCUT2D eigenvalue weighted by atomic mass is 9.95. The number of aliphatic hydroxyl groups is 1. The number of pyridine rings is 2. The van der Waals surface area contributed by atoms with E-state index in [-0.39, 0.29) is 11.5 Å². The van der Waals surface area contributed by atoms with E-state index in [1.165, 1.54) is 11.8 Å². The first-order valence-electron chi connectivity index (χ1n) is 10.7. The van der Waals surface area contributed by atoms with E-state index >= 15 is 0 Å². The van der Waals surface area contributed by atoms with Crippen LogP contribution in [-0.2, 0) is 5.75 Å². The highest BCUT2D eigenvalue weighted by molar-refractivity contribution is 7.98. The SMILES string of the molecule is CNC(=O)c1cc(CSc2nc(N3CC(O)C3)c(C#N)c(-c3ccc(OC)cc3)c2C#N)ccn1. The van der Waals surface area contributed by atoms with Gasteiger partial charge in [-0.15, -0.1) is 11.8 Å². The molecule has 10 heteroatoms. The Morgan fingerprint density at radius 1 is 1.23 bits per heavy atom. The van der Waals surface area contributed by atoms with E-state index in [9.17, 15) is 20.4 Å². The second-order valence-electron chi connectivity index (χ2n) is 7.79. The van der Waals surface area contributed by atoms with Gasteiger partial charge in [-0.2, -0.15) is 10.5 Å². The molecular formula is C25H22N6O3S. The summed E-state index contributed by atoms with van der Waals surface area (Å²) in [5, 5.41) is 33.0. The molecule has 0 saturated carbocycles. The van der Waals surface area contributed by atoms with E-state index in [4.69, 9.17) is 9.72 Å². The summed E-state index contributed by atoms with van der Waals surface area (Å²) in [6.45, 7) is 0.721. The van der Waals surface area contributed by atoms with Crippen molar-refractivity contribution >= 4 is 23.5 Å². The lowest BCUT2D eigenvalue weighted by Crippen LogP contribution is -2.51. The molecule has 0 bridgehead atoms. The number of hydrogen-bond donors (Lipinski definition) is 2. The highest BCUT2D eigenvalue weighted by atomic mass is 32.2. The second kappa shape index (κ2) is 10.4. The number of ether oxygens (including phenoxy) is 1. The molecule has 0 radical (unpaired) electrons. The van der Waals surface area contributed by atoms with Gasteiger partial charge < -0.3 is 20.1 Å². The summed E-state index contributed by atoms with van der Waals surface area (Å²) in [6, 6.07) is 15.1. The van der Waals surface area contributed by atoms with Crippen molar-refractivity contribution in [3.8, 4) is 29.0 Å². The Balaban J connectivity index is 1.79. The summed E-state index contributed by atoms with van der Waals surface area (Å²) in [7, 11) is 3.11. The minimum absolute atomic E-state index is 0.286. The van der Waals surface area contributed by atoms with Gasteiger partial charge in [0.05, 0.1) is 18.8 Å². The number of aromatic nitrogens is 2. The minimum atomic E-state index is -0.487. The monoisotopic (exact) mass is 486 g/mol. The van der Waals surface area contributed by atoms with Crippen LogP contribution in [0.15, 0.2) is 47.6 Å². The van der Waals surface area contributed by atoms with E-state index in [1.807, 2.05) is 4.90 Å². The van der Waals surface area contributed by atoms with Crippen LogP contribution in [0.3, 0.4) is 0 Å².